The van der Waals surface area contributed by atoms with Crippen LogP contribution in [0.3, 0.4) is 0 Å². The number of carbonyl (C=O) groups is 2. The molecule has 0 bridgehead atoms. The van der Waals surface area contributed by atoms with Gasteiger partial charge in [0.15, 0.2) is 0 Å². The fraction of sp³-hybridized carbons (Fsp3) is 0.579. The summed E-state index contributed by atoms with van der Waals surface area (Å²) in [6, 6.07) is 5.07. The highest BCUT2D eigenvalue weighted by atomic mass is 19.1. The van der Waals surface area contributed by atoms with Crippen LogP contribution in [0.4, 0.5) is 9.18 Å². The van der Waals surface area contributed by atoms with E-state index in [2.05, 4.69) is 10.6 Å². The normalized spacial score (nSPS) is 12.4. The van der Waals surface area contributed by atoms with Crippen LogP contribution in [0.25, 0.3) is 0 Å². The zero-order chi connectivity index (χ0) is 19.7. The maximum atomic E-state index is 12.8. The van der Waals surface area contributed by atoms with Crippen molar-refractivity contribution in [1.29, 1.82) is 0 Å². The fourth-order valence-electron chi connectivity index (χ4n) is 2.08. The molecule has 1 aromatic carbocycles. The van der Waals surface area contributed by atoms with Gasteiger partial charge in [-0.25, -0.2) is 9.18 Å². The molecule has 2 N–H and O–H groups in total. The number of amides is 2. The molecule has 2 amide bonds. The van der Waals surface area contributed by atoms with E-state index in [1.54, 1.807) is 32.9 Å². The Bertz CT molecular complexity index is 582. The van der Waals surface area contributed by atoms with Crippen molar-refractivity contribution in [3.05, 3.63) is 30.1 Å². The van der Waals surface area contributed by atoms with E-state index in [1.165, 1.54) is 12.1 Å². The molecule has 1 atom stereocenters. The molecule has 0 aliphatic carbocycles. The second-order valence-electron chi connectivity index (χ2n) is 7.31. The first-order chi connectivity index (χ1) is 12.1. The lowest BCUT2D eigenvalue weighted by Crippen LogP contribution is -2.51. The smallest absolute Gasteiger partial charge is 0.408 e. The van der Waals surface area contributed by atoms with Gasteiger partial charge >= 0.3 is 6.09 Å². The molecule has 1 aromatic rings. The van der Waals surface area contributed by atoms with Crippen molar-refractivity contribution in [2.24, 2.45) is 5.92 Å². The number of ether oxygens (including phenoxy) is 2. The lowest BCUT2D eigenvalue weighted by Gasteiger charge is -2.25. The Morgan fingerprint density at radius 1 is 1.15 bits per heavy atom. The van der Waals surface area contributed by atoms with Gasteiger partial charge in [-0.05, 0) is 57.4 Å². The summed E-state index contributed by atoms with van der Waals surface area (Å²) >= 11 is 0. The Morgan fingerprint density at radius 3 is 2.31 bits per heavy atom. The number of alkyl carbamates (subject to hydrolysis) is 1. The monoisotopic (exact) mass is 368 g/mol. The molecule has 0 aliphatic rings. The summed E-state index contributed by atoms with van der Waals surface area (Å²) < 4.78 is 23.5. The number of nitrogens with one attached hydrogen (secondary N) is 2. The first-order valence-electron chi connectivity index (χ1n) is 8.74. The Kier molecular flexibility index (Phi) is 8.35. The molecule has 0 aromatic heterocycles. The fourth-order valence-corrected chi connectivity index (χ4v) is 2.08. The molecule has 146 valence electrons. The molecule has 0 saturated carbocycles. The average Bonchev–Trinajstić information content (AvgIpc) is 2.52. The van der Waals surface area contributed by atoms with Gasteiger partial charge in [-0.1, -0.05) is 13.8 Å². The highest BCUT2D eigenvalue weighted by Gasteiger charge is 2.26. The van der Waals surface area contributed by atoms with E-state index in [-0.39, 0.29) is 17.6 Å². The molecule has 0 saturated heterocycles. The number of hydrogen-bond acceptors (Lipinski definition) is 4. The SMILES string of the molecule is CC(C)C(NC(=O)OC(C)(C)C)C(=O)NCCCOc1ccc(F)cc1. The van der Waals surface area contributed by atoms with Crippen molar-refractivity contribution in [1.82, 2.24) is 10.6 Å². The molecule has 0 spiro atoms. The lowest BCUT2D eigenvalue weighted by atomic mass is 10.0. The second-order valence-corrected chi connectivity index (χ2v) is 7.31. The van der Waals surface area contributed by atoms with Gasteiger partial charge in [-0.3, -0.25) is 4.79 Å². The third-order valence-electron chi connectivity index (χ3n) is 3.32. The van der Waals surface area contributed by atoms with Gasteiger partial charge in [-0.15, -0.1) is 0 Å². The molecule has 0 heterocycles. The molecule has 26 heavy (non-hydrogen) atoms. The van der Waals surface area contributed by atoms with Crippen LogP contribution in [-0.2, 0) is 9.53 Å². The molecule has 0 aliphatic heterocycles. The standard InChI is InChI=1S/C19H29FN2O4/c1-13(2)16(22-18(24)26-19(3,4)5)17(23)21-11-6-12-25-15-9-7-14(20)8-10-15/h7-10,13,16H,6,11-12H2,1-5H3,(H,21,23)(H,22,24). The van der Waals surface area contributed by atoms with Crippen molar-refractivity contribution >= 4 is 12.0 Å². The maximum Gasteiger partial charge on any atom is 0.408 e. The van der Waals surface area contributed by atoms with Crippen LogP contribution in [0.1, 0.15) is 41.0 Å². The van der Waals surface area contributed by atoms with Crippen molar-refractivity contribution in [3.63, 3.8) is 0 Å². The van der Waals surface area contributed by atoms with Crippen LogP contribution in [-0.4, -0.2) is 36.8 Å². The van der Waals surface area contributed by atoms with Gasteiger partial charge in [0.25, 0.3) is 0 Å². The molecular weight excluding hydrogens is 339 g/mol. The summed E-state index contributed by atoms with van der Waals surface area (Å²) in [5, 5.41) is 5.38. The van der Waals surface area contributed by atoms with Gasteiger partial charge in [0, 0.05) is 6.54 Å². The third-order valence-corrected chi connectivity index (χ3v) is 3.32. The van der Waals surface area contributed by atoms with Crippen LogP contribution in [0, 0.1) is 11.7 Å². The average molecular weight is 368 g/mol. The number of carbonyl (C=O) groups excluding carboxylic acids is 2. The van der Waals surface area contributed by atoms with Crippen molar-refractivity contribution in [2.75, 3.05) is 13.2 Å². The van der Waals surface area contributed by atoms with E-state index >= 15 is 0 Å². The number of benzene rings is 1. The lowest BCUT2D eigenvalue weighted by molar-refractivity contribution is -0.124. The first-order valence-corrected chi connectivity index (χ1v) is 8.74. The predicted octanol–water partition coefficient (Wildman–Crippen LogP) is 3.26. The third kappa shape index (κ3) is 8.69. The molecule has 6 nitrogen and oxygen atoms in total. The Hall–Kier alpha value is -2.31. The number of halogens is 1. The molecule has 1 rings (SSSR count). The van der Waals surface area contributed by atoms with E-state index < -0.39 is 17.7 Å². The Morgan fingerprint density at radius 2 is 1.77 bits per heavy atom. The zero-order valence-corrected chi connectivity index (χ0v) is 16.1. The molecular formula is C19H29FN2O4. The molecule has 0 fully saturated rings. The molecule has 1 unspecified atom stereocenters. The van der Waals surface area contributed by atoms with E-state index in [0.717, 1.165) is 0 Å². The zero-order valence-electron chi connectivity index (χ0n) is 16.1. The van der Waals surface area contributed by atoms with E-state index in [0.29, 0.717) is 25.3 Å². The maximum absolute atomic E-state index is 12.8. The quantitative estimate of drug-likeness (QED) is 0.691. The minimum Gasteiger partial charge on any atom is -0.494 e. The van der Waals surface area contributed by atoms with E-state index in [4.69, 9.17) is 9.47 Å². The summed E-state index contributed by atoms with van der Waals surface area (Å²) in [7, 11) is 0. The van der Waals surface area contributed by atoms with E-state index in [1.807, 2.05) is 13.8 Å². The highest BCUT2D eigenvalue weighted by molar-refractivity contribution is 5.85. The largest absolute Gasteiger partial charge is 0.494 e. The molecule has 0 radical (unpaired) electrons. The van der Waals surface area contributed by atoms with Crippen molar-refractivity contribution in [2.45, 2.75) is 52.7 Å². The Labute approximate surface area is 154 Å². The van der Waals surface area contributed by atoms with Gasteiger partial charge in [0.1, 0.15) is 23.2 Å². The Balaban J connectivity index is 2.35. The van der Waals surface area contributed by atoms with Crippen LogP contribution < -0.4 is 15.4 Å². The summed E-state index contributed by atoms with van der Waals surface area (Å²) in [6.07, 6.45) is -0.0358. The van der Waals surface area contributed by atoms with Gasteiger partial charge in [0.05, 0.1) is 6.61 Å². The summed E-state index contributed by atoms with van der Waals surface area (Å²) in [6.45, 7) is 9.77. The first kappa shape index (κ1) is 21.7. The number of rotatable bonds is 8. The van der Waals surface area contributed by atoms with E-state index in [9.17, 15) is 14.0 Å². The van der Waals surface area contributed by atoms with Crippen molar-refractivity contribution < 1.29 is 23.5 Å². The summed E-state index contributed by atoms with van der Waals surface area (Å²) in [5.41, 5.74) is -0.625. The van der Waals surface area contributed by atoms with Gasteiger partial charge < -0.3 is 20.1 Å². The molecule has 7 heteroatoms. The predicted molar refractivity (Wildman–Crippen MR) is 97.5 cm³/mol. The minimum absolute atomic E-state index is 0.0852. The van der Waals surface area contributed by atoms with Crippen LogP contribution in [0.15, 0.2) is 24.3 Å². The number of hydrogen-bond donors (Lipinski definition) is 2. The van der Waals surface area contributed by atoms with Gasteiger partial charge in [0.2, 0.25) is 5.91 Å². The van der Waals surface area contributed by atoms with Crippen LogP contribution >= 0.6 is 0 Å². The second kappa shape index (κ2) is 9.99. The van der Waals surface area contributed by atoms with Crippen LogP contribution in [0.5, 0.6) is 5.75 Å². The van der Waals surface area contributed by atoms with Gasteiger partial charge in [-0.2, -0.15) is 0 Å². The van der Waals surface area contributed by atoms with Crippen molar-refractivity contribution in [3.8, 4) is 5.75 Å². The summed E-state index contributed by atoms with van der Waals surface area (Å²) in [5.74, 6) is -0.100. The summed E-state index contributed by atoms with van der Waals surface area (Å²) in [4.78, 5) is 24.2. The topological polar surface area (TPSA) is 76.7 Å². The van der Waals surface area contributed by atoms with Crippen LogP contribution in [0.2, 0.25) is 0 Å². The highest BCUT2D eigenvalue weighted by Crippen LogP contribution is 2.11. The minimum atomic E-state index is -0.678.